The van der Waals surface area contributed by atoms with Crippen molar-refractivity contribution in [2.45, 2.75) is 6.61 Å². The summed E-state index contributed by atoms with van der Waals surface area (Å²) < 4.78 is 9.32. The summed E-state index contributed by atoms with van der Waals surface area (Å²) in [5, 5.41) is 36.5. The second-order valence-corrected chi connectivity index (χ2v) is 12.5. The lowest BCUT2D eigenvalue weighted by molar-refractivity contribution is 0.261. The highest BCUT2D eigenvalue weighted by Gasteiger charge is 2.15. The van der Waals surface area contributed by atoms with Crippen LogP contribution in [0.1, 0.15) is 11.3 Å². The first kappa shape index (κ1) is 34.6. The minimum absolute atomic E-state index is 0.165. The molecule has 8 aromatic rings. The molecule has 4 amide bonds. The van der Waals surface area contributed by atoms with Crippen molar-refractivity contribution >= 4 is 57.5 Å². The molecule has 0 aliphatic carbocycles. The second kappa shape index (κ2) is 14.9. The van der Waals surface area contributed by atoms with Crippen LogP contribution >= 0.6 is 0 Å². The van der Waals surface area contributed by atoms with Crippen molar-refractivity contribution in [1.29, 1.82) is 5.26 Å². The largest absolute Gasteiger partial charge is 0.487 e. The fraction of sp³-hybridized carbons (Fsp3) is 0.0250. The lowest BCUT2D eigenvalue weighted by atomic mass is 10.0. The number of ether oxygens (including phenoxy) is 1. The predicted molar refractivity (Wildman–Crippen MR) is 213 cm³/mol. The monoisotopic (exact) mass is 741 g/mol. The van der Waals surface area contributed by atoms with Gasteiger partial charge in [0.25, 0.3) is 0 Å². The van der Waals surface area contributed by atoms with Crippen molar-refractivity contribution < 1.29 is 14.3 Å². The second-order valence-electron chi connectivity index (χ2n) is 12.5. The van der Waals surface area contributed by atoms with Crippen LogP contribution < -0.4 is 37.5 Å². The molecule has 16 heteroatoms. The van der Waals surface area contributed by atoms with Gasteiger partial charge in [0, 0.05) is 40.1 Å². The third-order valence-electron chi connectivity index (χ3n) is 8.81. The van der Waals surface area contributed by atoms with Crippen molar-refractivity contribution in [1.82, 2.24) is 29.7 Å². The van der Waals surface area contributed by atoms with Crippen LogP contribution in [0.15, 0.2) is 128 Å². The van der Waals surface area contributed by atoms with Crippen molar-refractivity contribution in [3.8, 4) is 34.1 Å². The maximum Gasteiger partial charge on any atom is 0.323 e. The van der Waals surface area contributed by atoms with E-state index in [1.54, 1.807) is 88.0 Å². The van der Waals surface area contributed by atoms with E-state index in [4.69, 9.17) is 21.5 Å². The number of nitriles is 1. The first-order valence-corrected chi connectivity index (χ1v) is 17.1. The molecule has 0 bridgehead atoms. The zero-order valence-electron chi connectivity index (χ0n) is 29.3. The molecule has 274 valence electrons. The smallest absolute Gasteiger partial charge is 0.323 e. The van der Waals surface area contributed by atoms with Crippen LogP contribution in [0, 0.1) is 11.3 Å². The number of nitrogen functional groups attached to an aromatic ring is 2. The Morgan fingerprint density at radius 2 is 1.12 bits per heavy atom. The van der Waals surface area contributed by atoms with Crippen LogP contribution in [-0.2, 0) is 6.61 Å². The third-order valence-corrected chi connectivity index (χ3v) is 8.81. The Balaban J connectivity index is 0.866. The number of anilines is 6. The van der Waals surface area contributed by atoms with Gasteiger partial charge in [-0.05, 0) is 96.1 Å². The van der Waals surface area contributed by atoms with Gasteiger partial charge in [0.2, 0.25) is 0 Å². The minimum Gasteiger partial charge on any atom is -0.487 e. The van der Waals surface area contributed by atoms with E-state index < -0.39 is 12.1 Å². The summed E-state index contributed by atoms with van der Waals surface area (Å²) in [6.07, 6.45) is 1.78. The van der Waals surface area contributed by atoms with Crippen molar-refractivity contribution in [3.05, 3.63) is 139 Å². The predicted octanol–water partition coefficient (Wildman–Crippen LogP) is 7.01. The Hall–Kier alpha value is -8.45. The van der Waals surface area contributed by atoms with E-state index >= 15 is 0 Å². The summed E-state index contributed by atoms with van der Waals surface area (Å²) in [6.45, 7) is 0.165. The molecular weight excluding hydrogens is 711 g/mol. The summed E-state index contributed by atoms with van der Waals surface area (Å²) in [6, 6.07) is 37.1. The molecule has 16 nitrogen and oxygen atoms in total. The molecule has 0 atom stereocenters. The molecule has 0 aliphatic heterocycles. The number of pyridine rings is 2. The van der Waals surface area contributed by atoms with Gasteiger partial charge in [0.05, 0.1) is 17.3 Å². The van der Waals surface area contributed by atoms with Crippen LogP contribution in [0.4, 0.5) is 44.0 Å². The Morgan fingerprint density at radius 1 is 0.625 bits per heavy atom. The highest BCUT2D eigenvalue weighted by Crippen LogP contribution is 2.31. The maximum atomic E-state index is 12.8. The molecule has 0 saturated carbocycles. The SMILES string of the molecule is N#Cc1ccc(NC(=O)Nc2ccc(-c3ccc(COc4ccc(NC(=O)Nc5ccc(-c6cccn7nnc(N)c67)cc5)cc4)n4nnc(N)c34)cc2)cc1. The Morgan fingerprint density at radius 3 is 1.70 bits per heavy atom. The van der Waals surface area contributed by atoms with E-state index in [1.165, 1.54) is 0 Å². The Bertz CT molecular complexity index is 2750. The highest BCUT2D eigenvalue weighted by atomic mass is 16.5. The Labute approximate surface area is 318 Å². The van der Waals surface area contributed by atoms with Crippen molar-refractivity contribution in [2.75, 3.05) is 32.7 Å². The lowest BCUT2D eigenvalue weighted by Crippen LogP contribution is -2.19. The number of nitrogens with zero attached hydrogens (tertiary/aromatic N) is 7. The molecule has 4 heterocycles. The number of rotatable bonds is 9. The fourth-order valence-corrected chi connectivity index (χ4v) is 6.10. The van der Waals surface area contributed by atoms with Gasteiger partial charge >= 0.3 is 12.1 Å². The van der Waals surface area contributed by atoms with Gasteiger partial charge in [-0.1, -0.05) is 46.8 Å². The number of carbonyl (C=O) groups excluding carboxylic acids is 2. The van der Waals surface area contributed by atoms with Gasteiger partial charge in [-0.3, -0.25) is 0 Å². The number of amides is 4. The van der Waals surface area contributed by atoms with Crippen LogP contribution in [-0.4, -0.2) is 41.7 Å². The molecule has 8 rings (SSSR count). The molecule has 0 saturated heterocycles. The van der Waals surface area contributed by atoms with Gasteiger partial charge in [-0.2, -0.15) is 5.26 Å². The number of nitrogens with one attached hydrogen (secondary N) is 4. The van der Waals surface area contributed by atoms with Gasteiger partial charge < -0.3 is 37.5 Å². The summed E-state index contributed by atoms with van der Waals surface area (Å²) >= 11 is 0. The molecule has 0 fully saturated rings. The highest BCUT2D eigenvalue weighted by molar-refractivity contribution is 6.01. The molecule has 0 aliphatic rings. The molecule has 0 unspecified atom stereocenters. The first-order valence-electron chi connectivity index (χ1n) is 17.1. The molecule has 4 aromatic carbocycles. The van der Waals surface area contributed by atoms with Gasteiger partial charge in [-0.25, -0.2) is 18.6 Å². The van der Waals surface area contributed by atoms with E-state index in [1.807, 2.05) is 54.6 Å². The number of hydrogen-bond acceptors (Lipinski definition) is 10. The average molecular weight is 742 g/mol. The number of fused-ring (bicyclic) bond motifs is 2. The van der Waals surface area contributed by atoms with Crippen LogP contribution in [0.2, 0.25) is 0 Å². The molecule has 0 radical (unpaired) electrons. The van der Waals surface area contributed by atoms with E-state index in [0.717, 1.165) is 22.3 Å². The number of benzene rings is 4. The molecule has 0 spiro atoms. The summed E-state index contributed by atoms with van der Waals surface area (Å²) in [5.41, 5.74) is 20.6. The van der Waals surface area contributed by atoms with E-state index in [-0.39, 0.29) is 12.4 Å². The van der Waals surface area contributed by atoms with Gasteiger partial charge in [-0.15, -0.1) is 10.2 Å². The molecular formula is C40H31N13O3. The average Bonchev–Trinajstić information content (AvgIpc) is 3.80. The fourth-order valence-electron chi connectivity index (χ4n) is 6.10. The lowest BCUT2D eigenvalue weighted by Gasteiger charge is -2.12. The number of carbonyl (C=O) groups is 2. The van der Waals surface area contributed by atoms with Crippen LogP contribution in [0.5, 0.6) is 5.75 Å². The topological polar surface area (TPSA) is 228 Å². The summed E-state index contributed by atoms with van der Waals surface area (Å²) in [4.78, 5) is 25.3. The number of aromatic nitrogens is 6. The van der Waals surface area contributed by atoms with Crippen LogP contribution in [0.3, 0.4) is 0 Å². The number of nitrogens with two attached hydrogens (primary N) is 2. The minimum atomic E-state index is -0.418. The van der Waals surface area contributed by atoms with E-state index in [0.29, 0.717) is 56.6 Å². The van der Waals surface area contributed by atoms with Crippen molar-refractivity contribution in [3.63, 3.8) is 0 Å². The quantitative estimate of drug-likeness (QED) is 0.0887. The van der Waals surface area contributed by atoms with Gasteiger partial charge in [0.15, 0.2) is 11.6 Å². The third kappa shape index (κ3) is 7.27. The normalized spacial score (nSPS) is 10.8. The first-order chi connectivity index (χ1) is 27.3. The zero-order chi connectivity index (χ0) is 38.6. The van der Waals surface area contributed by atoms with Gasteiger partial charge in [0.1, 0.15) is 23.4 Å². The maximum absolute atomic E-state index is 12.8. The Kier molecular flexibility index (Phi) is 9.20. The summed E-state index contributed by atoms with van der Waals surface area (Å²) in [5.74, 6) is 1.17. The molecule has 4 aromatic heterocycles. The van der Waals surface area contributed by atoms with Crippen molar-refractivity contribution in [2.24, 2.45) is 0 Å². The summed E-state index contributed by atoms with van der Waals surface area (Å²) in [7, 11) is 0. The molecule has 8 N–H and O–H groups in total. The van der Waals surface area contributed by atoms with Crippen LogP contribution in [0.25, 0.3) is 33.3 Å². The number of urea groups is 2. The zero-order valence-corrected chi connectivity index (χ0v) is 29.3. The van der Waals surface area contributed by atoms with E-state index in [9.17, 15) is 9.59 Å². The number of hydrogen-bond donors (Lipinski definition) is 6. The standard InChI is InChI=1S/C40H31N13O3/c41-22-24-3-9-27(10-4-24)44-39(54)45-29-13-7-26(8-14-29)34-20-17-31(53-36(34)38(43)49-51-53)23-56-32-18-15-30(16-19-32)47-40(55)46-28-11-5-25(6-12-28)33-2-1-21-52-35(33)37(42)48-50-52/h1-21H,23,42-43H2,(H2,44,45,54)(H2,46,47,55). The molecule has 56 heavy (non-hydrogen) atoms. The van der Waals surface area contributed by atoms with E-state index in [2.05, 4.69) is 41.9 Å².